The van der Waals surface area contributed by atoms with E-state index in [9.17, 15) is 0 Å². The molecule has 21 heavy (non-hydrogen) atoms. The molecule has 1 saturated heterocycles. The molecule has 3 N–H and O–H groups in total. The summed E-state index contributed by atoms with van der Waals surface area (Å²) >= 11 is 3.60. The average Bonchev–Trinajstić information content (AvgIpc) is 2.85. The van der Waals surface area contributed by atoms with Gasteiger partial charge in [0.1, 0.15) is 0 Å². The smallest absolute Gasteiger partial charge is 0.0710 e. The van der Waals surface area contributed by atoms with Gasteiger partial charge in [0.2, 0.25) is 0 Å². The van der Waals surface area contributed by atoms with Crippen molar-refractivity contribution < 1.29 is 4.74 Å². The van der Waals surface area contributed by atoms with Gasteiger partial charge in [-0.05, 0) is 55.7 Å². The Balaban J connectivity index is 2.07. The fourth-order valence-electron chi connectivity index (χ4n) is 2.71. The lowest BCUT2D eigenvalue weighted by Crippen LogP contribution is -2.35. The van der Waals surface area contributed by atoms with E-state index in [1.165, 1.54) is 12.8 Å². The predicted molar refractivity (Wildman–Crippen MR) is 86.8 cm³/mol. The van der Waals surface area contributed by atoms with Crippen LogP contribution in [0.4, 0.5) is 0 Å². The lowest BCUT2D eigenvalue weighted by Gasteiger charge is -2.27. The van der Waals surface area contributed by atoms with Gasteiger partial charge >= 0.3 is 0 Å². The number of hydrogen-bond donors (Lipinski definition) is 2. The van der Waals surface area contributed by atoms with Crippen LogP contribution < -0.4 is 11.3 Å². The molecule has 2 unspecified atom stereocenters. The summed E-state index contributed by atoms with van der Waals surface area (Å²) in [6.07, 6.45) is 6.52. The van der Waals surface area contributed by atoms with Crippen molar-refractivity contribution in [3.8, 4) is 0 Å². The molecule has 2 atom stereocenters. The van der Waals surface area contributed by atoms with Gasteiger partial charge in [-0.3, -0.25) is 16.0 Å². The first kappa shape index (κ1) is 16.9. The standard InChI is InChI=1S/C14H26BrN5O/c1-19(2)6-7-20-14(12(15)10-17-20)13(18-16)9-11-5-3-4-8-21-11/h10-11,13,18H,3-9,16H2,1-2H3. The normalized spacial score (nSPS) is 20.9. The fraction of sp³-hybridized carbons (Fsp3) is 0.786. The molecule has 1 aliphatic heterocycles. The number of nitrogens with two attached hydrogens (primary N) is 1. The highest BCUT2D eigenvalue weighted by Gasteiger charge is 2.24. The van der Waals surface area contributed by atoms with Gasteiger partial charge < -0.3 is 9.64 Å². The highest BCUT2D eigenvalue weighted by atomic mass is 79.9. The zero-order valence-corrected chi connectivity index (χ0v) is 14.5. The number of likely N-dealkylation sites (N-methyl/N-ethyl adjacent to an activating group) is 1. The molecular weight excluding hydrogens is 334 g/mol. The number of rotatable bonds is 7. The van der Waals surface area contributed by atoms with Crippen LogP contribution in [0.1, 0.15) is 37.4 Å². The third-order valence-corrected chi connectivity index (χ3v) is 4.51. The van der Waals surface area contributed by atoms with E-state index in [1.807, 2.05) is 10.9 Å². The topological polar surface area (TPSA) is 68.3 Å². The first-order valence-corrected chi connectivity index (χ1v) is 8.34. The predicted octanol–water partition coefficient (Wildman–Crippen LogP) is 1.67. The summed E-state index contributed by atoms with van der Waals surface area (Å²) in [6.45, 7) is 2.65. The van der Waals surface area contributed by atoms with E-state index in [2.05, 4.69) is 45.4 Å². The van der Waals surface area contributed by atoms with Gasteiger partial charge in [0.15, 0.2) is 0 Å². The number of hydrogen-bond acceptors (Lipinski definition) is 5. The van der Waals surface area contributed by atoms with E-state index in [0.717, 1.165) is 42.7 Å². The Morgan fingerprint density at radius 3 is 3.00 bits per heavy atom. The average molecular weight is 360 g/mol. The summed E-state index contributed by atoms with van der Waals surface area (Å²) in [4.78, 5) is 2.15. The largest absolute Gasteiger partial charge is 0.378 e. The summed E-state index contributed by atoms with van der Waals surface area (Å²) in [5.41, 5.74) is 4.04. The molecule has 0 radical (unpaired) electrons. The van der Waals surface area contributed by atoms with Gasteiger partial charge in [0.05, 0.1) is 35.1 Å². The van der Waals surface area contributed by atoms with Gasteiger partial charge in [0.25, 0.3) is 0 Å². The molecular formula is C14H26BrN5O. The van der Waals surface area contributed by atoms with Crippen LogP contribution in [0.5, 0.6) is 0 Å². The maximum absolute atomic E-state index is 5.84. The molecule has 6 nitrogen and oxygen atoms in total. The molecule has 1 fully saturated rings. The van der Waals surface area contributed by atoms with E-state index in [0.29, 0.717) is 0 Å². The lowest BCUT2D eigenvalue weighted by molar-refractivity contribution is 0.00443. The van der Waals surface area contributed by atoms with Crippen LogP contribution in [0.25, 0.3) is 0 Å². The molecule has 2 rings (SSSR count). The maximum atomic E-state index is 5.84. The minimum Gasteiger partial charge on any atom is -0.378 e. The maximum Gasteiger partial charge on any atom is 0.0710 e. The Morgan fingerprint density at radius 1 is 1.57 bits per heavy atom. The fourth-order valence-corrected chi connectivity index (χ4v) is 3.28. The monoisotopic (exact) mass is 359 g/mol. The second kappa shape index (κ2) is 8.24. The second-order valence-corrected chi connectivity index (χ2v) is 6.70. The van der Waals surface area contributed by atoms with E-state index in [-0.39, 0.29) is 12.1 Å². The van der Waals surface area contributed by atoms with Gasteiger partial charge in [-0.2, -0.15) is 5.10 Å². The van der Waals surface area contributed by atoms with Crippen molar-refractivity contribution in [2.45, 2.75) is 44.4 Å². The molecule has 0 bridgehead atoms. The van der Waals surface area contributed by atoms with Crippen molar-refractivity contribution in [1.29, 1.82) is 0 Å². The van der Waals surface area contributed by atoms with Crippen molar-refractivity contribution in [1.82, 2.24) is 20.1 Å². The molecule has 0 aromatic carbocycles. The minimum absolute atomic E-state index is 0.0483. The van der Waals surface area contributed by atoms with Crippen LogP contribution in [0.2, 0.25) is 0 Å². The van der Waals surface area contributed by atoms with E-state index in [4.69, 9.17) is 10.6 Å². The number of aromatic nitrogens is 2. The third kappa shape index (κ3) is 4.75. The van der Waals surface area contributed by atoms with Gasteiger partial charge in [-0.15, -0.1) is 0 Å². The van der Waals surface area contributed by atoms with Crippen molar-refractivity contribution >= 4 is 15.9 Å². The van der Waals surface area contributed by atoms with Crippen molar-refractivity contribution in [3.05, 3.63) is 16.4 Å². The van der Waals surface area contributed by atoms with E-state index < -0.39 is 0 Å². The molecule has 1 aromatic rings. The van der Waals surface area contributed by atoms with Gasteiger partial charge in [-0.1, -0.05) is 0 Å². The molecule has 0 amide bonds. The first-order valence-electron chi connectivity index (χ1n) is 7.55. The highest BCUT2D eigenvalue weighted by Crippen LogP contribution is 2.29. The molecule has 120 valence electrons. The van der Waals surface area contributed by atoms with Crippen LogP contribution in [0.3, 0.4) is 0 Å². The minimum atomic E-state index is 0.0483. The summed E-state index contributed by atoms with van der Waals surface area (Å²) in [5, 5.41) is 4.46. The lowest BCUT2D eigenvalue weighted by atomic mass is 10.00. The van der Waals surface area contributed by atoms with Crippen molar-refractivity contribution in [2.24, 2.45) is 5.84 Å². The summed E-state index contributed by atoms with van der Waals surface area (Å²) in [7, 11) is 4.12. The SMILES string of the molecule is CN(C)CCn1ncc(Br)c1C(CC1CCCCO1)NN. The zero-order chi connectivity index (χ0) is 15.2. The molecule has 0 aliphatic carbocycles. The Labute approximate surface area is 135 Å². The zero-order valence-electron chi connectivity index (χ0n) is 12.9. The van der Waals surface area contributed by atoms with Crippen LogP contribution >= 0.6 is 15.9 Å². The van der Waals surface area contributed by atoms with Crippen LogP contribution in [0.15, 0.2) is 10.7 Å². The number of nitrogens with one attached hydrogen (secondary N) is 1. The van der Waals surface area contributed by atoms with Gasteiger partial charge in [-0.25, -0.2) is 0 Å². The molecule has 0 saturated carbocycles. The highest BCUT2D eigenvalue weighted by molar-refractivity contribution is 9.10. The Morgan fingerprint density at radius 2 is 2.38 bits per heavy atom. The molecule has 2 heterocycles. The van der Waals surface area contributed by atoms with E-state index >= 15 is 0 Å². The number of ether oxygens (including phenoxy) is 1. The number of halogens is 1. The molecule has 1 aliphatic rings. The number of hydrazine groups is 1. The molecule has 0 spiro atoms. The first-order chi connectivity index (χ1) is 10.1. The van der Waals surface area contributed by atoms with Crippen molar-refractivity contribution in [3.63, 3.8) is 0 Å². The second-order valence-electron chi connectivity index (χ2n) is 5.85. The summed E-state index contributed by atoms with van der Waals surface area (Å²) in [5.74, 6) is 5.80. The van der Waals surface area contributed by atoms with E-state index in [1.54, 1.807) is 0 Å². The summed E-state index contributed by atoms with van der Waals surface area (Å²) in [6, 6.07) is 0.0483. The number of nitrogens with zero attached hydrogens (tertiary/aromatic N) is 3. The third-order valence-electron chi connectivity index (χ3n) is 3.90. The van der Waals surface area contributed by atoms with Crippen molar-refractivity contribution in [2.75, 3.05) is 27.2 Å². The van der Waals surface area contributed by atoms with Crippen LogP contribution in [-0.2, 0) is 11.3 Å². The van der Waals surface area contributed by atoms with Crippen LogP contribution in [0, 0.1) is 0 Å². The molecule has 7 heteroatoms. The van der Waals surface area contributed by atoms with Crippen LogP contribution in [-0.4, -0.2) is 48.0 Å². The Kier molecular flexibility index (Phi) is 6.63. The van der Waals surface area contributed by atoms with Gasteiger partial charge in [0, 0.05) is 13.2 Å². The quantitative estimate of drug-likeness (QED) is 0.572. The Hall–Kier alpha value is -0.470. The Bertz CT molecular complexity index is 431. The summed E-state index contributed by atoms with van der Waals surface area (Å²) < 4.78 is 8.86. The molecule has 1 aromatic heterocycles.